The zero-order valence-corrected chi connectivity index (χ0v) is 9.17. The summed E-state index contributed by atoms with van der Waals surface area (Å²) in [5.74, 6) is -1.30. The Morgan fingerprint density at radius 1 is 1.21 bits per heavy atom. The molecular formula is C10H20N2O2. The van der Waals surface area contributed by atoms with Crippen LogP contribution in [0.3, 0.4) is 0 Å². The van der Waals surface area contributed by atoms with Gasteiger partial charge in [0.1, 0.15) is 5.41 Å². The average molecular weight is 200 g/mol. The van der Waals surface area contributed by atoms with Crippen LogP contribution in [-0.4, -0.2) is 11.8 Å². The molecule has 0 aliphatic carbocycles. The van der Waals surface area contributed by atoms with Crippen LogP contribution in [0.2, 0.25) is 0 Å². The van der Waals surface area contributed by atoms with Crippen molar-refractivity contribution in [2.24, 2.45) is 22.8 Å². The zero-order chi connectivity index (χ0) is 11.4. The van der Waals surface area contributed by atoms with Gasteiger partial charge in [0, 0.05) is 0 Å². The molecule has 0 saturated heterocycles. The van der Waals surface area contributed by atoms with E-state index in [9.17, 15) is 9.59 Å². The summed E-state index contributed by atoms with van der Waals surface area (Å²) in [5.41, 5.74) is 9.38. The third-order valence-corrected chi connectivity index (χ3v) is 3.00. The van der Waals surface area contributed by atoms with Crippen LogP contribution in [0.1, 0.15) is 40.0 Å². The molecule has 0 aromatic carbocycles. The smallest absolute Gasteiger partial charge is 0.233 e. The molecule has 2 amide bonds. The van der Waals surface area contributed by atoms with Crippen molar-refractivity contribution in [2.45, 2.75) is 40.0 Å². The van der Waals surface area contributed by atoms with Crippen molar-refractivity contribution in [1.29, 1.82) is 0 Å². The molecule has 0 fully saturated rings. The summed E-state index contributed by atoms with van der Waals surface area (Å²) in [5, 5.41) is 0. The third-order valence-electron chi connectivity index (χ3n) is 3.00. The van der Waals surface area contributed by atoms with Crippen molar-refractivity contribution in [3.8, 4) is 0 Å². The Hall–Kier alpha value is -1.06. The summed E-state index contributed by atoms with van der Waals surface area (Å²) in [6.45, 7) is 5.61. The summed E-state index contributed by atoms with van der Waals surface area (Å²) in [6, 6.07) is 0. The molecule has 0 aromatic rings. The number of hydrogen-bond donors (Lipinski definition) is 2. The Morgan fingerprint density at radius 2 is 1.64 bits per heavy atom. The minimum atomic E-state index is -1.17. The van der Waals surface area contributed by atoms with Crippen molar-refractivity contribution < 1.29 is 9.59 Å². The number of amides is 2. The van der Waals surface area contributed by atoms with Crippen molar-refractivity contribution in [1.82, 2.24) is 0 Å². The van der Waals surface area contributed by atoms with E-state index in [1.165, 1.54) is 0 Å². The van der Waals surface area contributed by atoms with E-state index in [1.807, 2.05) is 13.8 Å². The van der Waals surface area contributed by atoms with Gasteiger partial charge in [0.05, 0.1) is 0 Å². The molecule has 0 aliphatic heterocycles. The molecule has 4 N–H and O–H groups in total. The van der Waals surface area contributed by atoms with Crippen LogP contribution in [0.4, 0.5) is 0 Å². The molecule has 4 heteroatoms. The van der Waals surface area contributed by atoms with Gasteiger partial charge in [-0.05, 0) is 18.8 Å². The Morgan fingerprint density at radius 3 is 1.86 bits per heavy atom. The van der Waals surface area contributed by atoms with E-state index in [1.54, 1.807) is 6.92 Å². The van der Waals surface area contributed by atoms with Gasteiger partial charge in [0.2, 0.25) is 11.8 Å². The van der Waals surface area contributed by atoms with E-state index in [-0.39, 0.29) is 5.92 Å². The summed E-state index contributed by atoms with van der Waals surface area (Å²) >= 11 is 0. The Kier molecular flexibility index (Phi) is 4.60. The van der Waals surface area contributed by atoms with E-state index < -0.39 is 17.2 Å². The molecule has 1 atom stereocenters. The number of nitrogens with two attached hydrogens (primary N) is 2. The quantitative estimate of drug-likeness (QED) is 0.621. The fraction of sp³-hybridized carbons (Fsp3) is 0.800. The monoisotopic (exact) mass is 200 g/mol. The van der Waals surface area contributed by atoms with E-state index in [0.717, 1.165) is 12.8 Å². The highest BCUT2D eigenvalue weighted by molar-refractivity contribution is 6.03. The van der Waals surface area contributed by atoms with Crippen molar-refractivity contribution in [3.05, 3.63) is 0 Å². The molecule has 82 valence electrons. The first-order chi connectivity index (χ1) is 6.43. The Bertz CT molecular complexity index is 212. The number of hydrogen-bond acceptors (Lipinski definition) is 2. The van der Waals surface area contributed by atoms with Gasteiger partial charge in [0.25, 0.3) is 0 Å². The van der Waals surface area contributed by atoms with E-state index in [4.69, 9.17) is 11.5 Å². The highest BCUT2D eigenvalue weighted by atomic mass is 16.2. The highest BCUT2D eigenvalue weighted by Crippen LogP contribution is 2.34. The lowest BCUT2D eigenvalue weighted by atomic mass is 9.71. The second kappa shape index (κ2) is 4.98. The molecule has 0 saturated carbocycles. The lowest BCUT2D eigenvalue weighted by Crippen LogP contribution is -2.51. The maximum absolute atomic E-state index is 11.3. The molecule has 4 nitrogen and oxygen atoms in total. The largest absolute Gasteiger partial charge is 0.369 e. The SMILES string of the molecule is CCCC(C)C(CC)(C(N)=O)C(N)=O. The molecular weight excluding hydrogens is 180 g/mol. The molecule has 0 aromatic heterocycles. The van der Waals surface area contributed by atoms with E-state index in [2.05, 4.69) is 0 Å². The summed E-state index contributed by atoms with van der Waals surface area (Å²) in [6.07, 6.45) is 2.06. The lowest BCUT2D eigenvalue weighted by Gasteiger charge is -2.32. The first-order valence-electron chi connectivity index (χ1n) is 5.03. The van der Waals surface area contributed by atoms with Gasteiger partial charge in [-0.15, -0.1) is 0 Å². The maximum atomic E-state index is 11.3. The van der Waals surface area contributed by atoms with Gasteiger partial charge in [-0.1, -0.05) is 27.2 Å². The van der Waals surface area contributed by atoms with Crippen LogP contribution in [-0.2, 0) is 9.59 Å². The average Bonchev–Trinajstić information content (AvgIpc) is 2.05. The third kappa shape index (κ3) is 2.05. The summed E-state index contributed by atoms with van der Waals surface area (Å²) in [4.78, 5) is 22.7. The van der Waals surface area contributed by atoms with Crippen LogP contribution >= 0.6 is 0 Å². The van der Waals surface area contributed by atoms with Crippen LogP contribution < -0.4 is 11.5 Å². The van der Waals surface area contributed by atoms with Gasteiger partial charge < -0.3 is 11.5 Å². The van der Waals surface area contributed by atoms with Crippen molar-refractivity contribution >= 4 is 11.8 Å². The fourth-order valence-corrected chi connectivity index (χ4v) is 1.98. The number of rotatable bonds is 6. The Balaban J connectivity index is 5.03. The topological polar surface area (TPSA) is 86.2 Å². The van der Waals surface area contributed by atoms with Crippen molar-refractivity contribution in [3.63, 3.8) is 0 Å². The molecule has 1 unspecified atom stereocenters. The molecule has 0 heterocycles. The van der Waals surface area contributed by atoms with Crippen LogP contribution in [0.25, 0.3) is 0 Å². The predicted molar refractivity (Wildman–Crippen MR) is 55.2 cm³/mol. The number of carbonyl (C=O) groups excluding carboxylic acids is 2. The second-order valence-corrected chi connectivity index (χ2v) is 3.74. The van der Waals surface area contributed by atoms with Crippen LogP contribution in [0, 0.1) is 11.3 Å². The molecule has 0 radical (unpaired) electrons. The first kappa shape index (κ1) is 12.9. The minimum Gasteiger partial charge on any atom is -0.369 e. The van der Waals surface area contributed by atoms with Gasteiger partial charge in [-0.2, -0.15) is 0 Å². The van der Waals surface area contributed by atoms with Crippen LogP contribution in [0.5, 0.6) is 0 Å². The summed E-state index contributed by atoms with van der Waals surface area (Å²) < 4.78 is 0. The molecule has 0 spiro atoms. The number of primary amides is 2. The van der Waals surface area contributed by atoms with Crippen LogP contribution in [0.15, 0.2) is 0 Å². The maximum Gasteiger partial charge on any atom is 0.233 e. The number of carbonyl (C=O) groups is 2. The van der Waals surface area contributed by atoms with Gasteiger partial charge in [0.15, 0.2) is 0 Å². The van der Waals surface area contributed by atoms with Gasteiger partial charge in [-0.25, -0.2) is 0 Å². The molecule has 0 rings (SSSR count). The normalized spacial score (nSPS) is 13.6. The van der Waals surface area contributed by atoms with E-state index in [0.29, 0.717) is 6.42 Å². The molecule has 0 aliphatic rings. The highest BCUT2D eigenvalue weighted by Gasteiger charge is 2.45. The fourth-order valence-electron chi connectivity index (χ4n) is 1.98. The summed E-state index contributed by atoms with van der Waals surface area (Å²) in [7, 11) is 0. The van der Waals surface area contributed by atoms with Crippen molar-refractivity contribution in [2.75, 3.05) is 0 Å². The van der Waals surface area contributed by atoms with Gasteiger partial charge >= 0.3 is 0 Å². The standard InChI is InChI=1S/C10H20N2O2/c1-4-6-7(3)10(5-2,8(11)13)9(12)14/h7H,4-6H2,1-3H3,(H2,11,13)(H2,12,14). The second-order valence-electron chi connectivity index (χ2n) is 3.74. The molecule has 0 bridgehead atoms. The van der Waals surface area contributed by atoms with E-state index >= 15 is 0 Å². The minimum absolute atomic E-state index is 0.0903. The zero-order valence-electron chi connectivity index (χ0n) is 9.17. The Labute approximate surface area is 85.0 Å². The first-order valence-corrected chi connectivity index (χ1v) is 5.03. The van der Waals surface area contributed by atoms with Gasteiger partial charge in [-0.3, -0.25) is 9.59 Å². The molecule has 14 heavy (non-hydrogen) atoms. The lowest BCUT2D eigenvalue weighted by molar-refractivity contribution is -0.143. The predicted octanol–water partition coefficient (Wildman–Crippen LogP) is 0.790.